The molecule has 0 spiro atoms. The molecule has 1 atom stereocenters. The molecule has 1 unspecified atom stereocenters. The van der Waals surface area contributed by atoms with Gasteiger partial charge >= 0.3 is 0 Å². The number of hydrogen-bond donors (Lipinski definition) is 1. The third-order valence-electron chi connectivity index (χ3n) is 4.07. The molecule has 0 aromatic carbocycles. The summed E-state index contributed by atoms with van der Waals surface area (Å²) < 4.78 is 0. The molecule has 4 nitrogen and oxygen atoms in total. The van der Waals surface area contributed by atoms with Crippen LogP contribution in [0.5, 0.6) is 0 Å². The molecule has 0 bridgehead atoms. The molecule has 0 amide bonds. The first-order valence-electron chi connectivity index (χ1n) is 7.53. The fraction of sp³-hybridized carbons (Fsp3) is 0.733. The van der Waals surface area contributed by atoms with Crippen molar-refractivity contribution in [3.63, 3.8) is 0 Å². The Morgan fingerprint density at radius 3 is 2.79 bits per heavy atom. The molecule has 4 heteroatoms. The zero-order valence-corrected chi connectivity index (χ0v) is 12.4. The Bertz CT molecular complexity index is 430. The smallest absolute Gasteiger partial charge is 0.137 e. The highest BCUT2D eigenvalue weighted by atomic mass is 15.2. The number of nitrogen functional groups attached to an aromatic ring is 1. The van der Waals surface area contributed by atoms with Gasteiger partial charge in [0.15, 0.2) is 0 Å². The van der Waals surface area contributed by atoms with Crippen LogP contribution in [0, 0.1) is 12.8 Å². The normalized spacial score (nSPS) is 19.7. The van der Waals surface area contributed by atoms with Gasteiger partial charge in [0.05, 0.1) is 0 Å². The van der Waals surface area contributed by atoms with E-state index in [2.05, 4.69) is 23.7 Å². The quantitative estimate of drug-likeness (QED) is 0.906. The van der Waals surface area contributed by atoms with Crippen LogP contribution in [0.25, 0.3) is 0 Å². The summed E-state index contributed by atoms with van der Waals surface area (Å²) in [4.78, 5) is 11.6. The molecule has 1 aromatic heterocycles. The van der Waals surface area contributed by atoms with Crippen molar-refractivity contribution in [2.45, 2.75) is 52.9 Å². The molecule has 106 valence electrons. The lowest BCUT2D eigenvalue weighted by Crippen LogP contribution is -2.36. The van der Waals surface area contributed by atoms with E-state index in [1.807, 2.05) is 6.92 Å². The minimum Gasteiger partial charge on any atom is -0.383 e. The lowest BCUT2D eigenvalue weighted by Gasteiger charge is -2.34. The van der Waals surface area contributed by atoms with Crippen LogP contribution in [0.4, 0.5) is 11.6 Å². The zero-order valence-electron chi connectivity index (χ0n) is 12.4. The Labute approximate surface area is 116 Å². The van der Waals surface area contributed by atoms with E-state index in [1.165, 1.54) is 19.3 Å². The van der Waals surface area contributed by atoms with E-state index in [9.17, 15) is 0 Å². The van der Waals surface area contributed by atoms with Gasteiger partial charge in [0.1, 0.15) is 17.5 Å². The zero-order chi connectivity index (χ0) is 13.8. The summed E-state index contributed by atoms with van der Waals surface area (Å²) in [6.45, 7) is 8.67. The average molecular weight is 262 g/mol. The molecular formula is C15H26N4. The Balaban J connectivity index is 2.26. The fourth-order valence-electron chi connectivity index (χ4n) is 2.80. The van der Waals surface area contributed by atoms with Gasteiger partial charge in [0.25, 0.3) is 0 Å². The molecule has 2 N–H and O–H groups in total. The molecule has 2 heterocycles. The van der Waals surface area contributed by atoms with Gasteiger partial charge in [-0.2, -0.15) is 0 Å². The highest BCUT2D eigenvalue weighted by Crippen LogP contribution is 2.28. The standard InChI is InChI=1S/C15H26N4/c1-4-7-13-17-14(16)11(3)15(18-13)19-9-6-8-12(5-2)10-19/h12H,4-10H2,1-3H3,(H2,16,17,18). The molecule has 1 fully saturated rings. The van der Waals surface area contributed by atoms with E-state index in [1.54, 1.807) is 0 Å². The number of aryl methyl sites for hydroxylation is 1. The summed E-state index contributed by atoms with van der Waals surface area (Å²) in [5.41, 5.74) is 7.09. The van der Waals surface area contributed by atoms with Crippen LogP contribution in [0.15, 0.2) is 0 Å². The number of aromatic nitrogens is 2. The van der Waals surface area contributed by atoms with Crippen LogP contribution in [0.1, 0.15) is 50.9 Å². The summed E-state index contributed by atoms with van der Waals surface area (Å²) in [6, 6.07) is 0. The third-order valence-corrected chi connectivity index (χ3v) is 4.07. The minimum absolute atomic E-state index is 0.645. The molecule has 0 radical (unpaired) electrons. The van der Waals surface area contributed by atoms with Crippen LogP contribution in [-0.4, -0.2) is 23.1 Å². The van der Waals surface area contributed by atoms with E-state index in [0.29, 0.717) is 5.82 Å². The number of hydrogen-bond acceptors (Lipinski definition) is 4. The first kappa shape index (κ1) is 14.1. The maximum Gasteiger partial charge on any atom is 0.137 e. The van der Waals surface area contributed by atoms with Gasteiger partial charge in [0, 0.05) is 25.1 Å². The van der Waals surface area contributed by atoms with Crippen molar-refractivity contribution >= 4 is 11.6 Å². The average Bonchev–Trinajstić information content (AvgIpc) is 2.43. The van der Waals surface area contributed by atoms with Gasteiger partial charge in [-0.25, -0.2) is 9.97 Å². The summed E-state index contributed by atoms with van der Waals surface area (Å²) >= 11 is 0. The summed E-state index contributed by atoms with van der Waals surface area (Å²) in [7, 11) is 0. The maximum absolute atomic E-state index is 6.05. The second-order valence-corrected chi connectivity index (χ2v) is 5.59. The van der Waals surface area contributed by atoms with Gasteiger partial charge in [-0.05, 0) is 32.1 Å². The Kier molecular flexibility index (Phi) is 4.61. The van der Waals surface area contributed by atoms with E-state index >= 15 is 0 Å². The molecule has 1 aromatic rings. The highest BCUT2D eigenvalue weighted by molar-refractivity contribution is 5.56. The predicted octanol–water partition coefficient (Wildman–Crippen LogP) is 2.95. The summed E-state index contributed by atoms with van der Waals surface area (Å²) in [5.74, 6) is 3.39. The lowest BCUT2D eigenvalue weighted by atomic mass is 9.95. The number of piperidine rings is 1. The number of nitrogens with zero attached hydrogens (tertiary/aromatic N) is 3. The van der Waals surface area contributed by atoms with Crippen molar-refractivity contribution in [2.24, 2.45) is 5.92 Å². The SMILES string of the molecule is CCCc1nc(N)c(C)c(N2CCCC(CC)C2)n1. The van der Waals surface area contributed by atoms with Crippen LogP contribution >= 0.6 is 0 Å². The largest absolute Gasteiger partial charge is 0.383 e. The van der Waals surface area contributed by atoms with E-state index < -0.39 is 0 Å². The second kappa shape index (κ2) is 6.22. The molecular weight excluding hydrogens is 236 g/mol. The molecule has 2 rings (SSSR count). The Morgan fingerprint density at radius 2 is 2.11 bits per heavy atom. The van der Waals surface area contributed by atoms with Gasteiger partial charge in [-0.3, -0.25) is 0 Å². The maximum atomic E-state index is 6.05. The number of rotatable bonds is 4. The van der Waals surface area contributed by atoms with Crippen LogP contribution in [-0.2, 0) is 6.42 Å². The first-order valence-corrected chi connectivity index (χ1v) is 7.53. The van der Waals surface area contributed by atoms with Gasteiger partial charge in [-0.1, -0.05) is 20.3 Å². The third kappa shape index (κ3) is 3.17. The van der Waals surface area contributed by atoms with Gasteiger partial charge < -0.3 is 10.6 Å². The van der Waals surface area contributed by atoms with Crippen LogP contribution < -0.4 is 10.6 Å². The number of nitrogens with two attached hydrogens (primary N) is 1. The monoisotopic (exact) mass is 262 g/mol. The van der Waals surface area contributed by atoms with E-state index in [0.717, 1.165) is 49.1 Å². The molecule has 1 saturated heterocycles. The predicted molar refractivity (Wildman–Crippen MR) is 80.4 cm³/mol. The van der Waals surface area contributed by atoms with E-state index in [4.69, 9.17) is 10.7 Å². The fourth-order valence-corrected chi connectivity index (χ4v) is 2.80. The molecule has 1 aliphatic heterocycles. The first-order chi connectivity index (χ1) is 9.15. The van der Waals surface area contributed by atoms with Crippen molar-refractivity contribution in [1.29, 1.82) is 0 Å². The molecule has 1 aliphatic rings. The number of anilines is 2. The van der Waals surface area contributed by atoms with Crippen molar-refractivity contribution in [3.8, 4) is 0 Å². The summed E-state index contributed by atoms with van der Waals surface area (Å²) in [5, 5.41) is 0. The Morgan fingerprint density at radius 1 is 1.32 bits per heavy atom. The summed E-state index contributed by atoms with van der Waals surface area (Å²) in [6.07, 6.45) is 5.80. The Hall–Kier alpha value is -1.32. The second-order valence-electron chi connectivity index (χ2n) is 5.59. The highest BCUT2D eigenvalue weighted by Gasteiger charge is 2.22. The minimum atomic E-state index is 0.645. The van der Waals surface area contributed by atoms with Crippen LogP contribution in [0.2, 0.25) is 0 Å². The molecule has 0 saturated carbocycles. The van der Waals surface area contributed by atoms with Gasteiger partial charge in [0.2, 0.25) is 0 Å². The molecule has 0 aliphatic carbocycles. The molecule has 19 heavy (non-hydrogen) atoms. The van der Waals surface area contributed by atoms with Crippen LogP contribution in [0.3, 0.4) is 0 Å². The lowest BCUT2D eigenvalue weighted by molar-refractivity contribution is 0.402. The van der Waals surface area contributed by atoms with Crippen molar-refractivity contribution in [2.75, 3.05) is 23.7 Å². The van der Waals surface area contributed by atoms with E-state index in [-0.39, 0.29) is 0 Å². The van der Waals surface area contributed by atoms with Crippen molar-refractivity contribution < 1.29 is 0 Å². The topological polar surface area (TPSA) is 55.0 Å². The van der Waals surface area contributed by atoms with Crippen molar-refractivity contribution in [1.82, 2.24) is 9.97 Å². The van der Waals surface area contributed by atoms with Gasteiger partial charge in [-0.15, -0.1) is 0 Å². The van der Waals surface area contributed by atoms with Crippen molar-refractivity contribution in [3.05, 3.63) is 11.4 Å².